The fourth-order valence-electron chi connectivity index (χ4n) is 11.1. The summed E-state index contributed by atoms with van der Waals surface area (Å²) < 4.78 is 6.15. The molecule has 26 heteroatoms. The number of likely N-dealkylation sites (N-methyl/N-ethyl adjacent to an activating group) is 7. The summed E-state index contributed by atoms with van der Waals surface area (Å²) in [6.45, 7) is 27.0. The van der Waals surface area contributed by atoms with Crippen LogP contribution in [0, 0.1) is 35.5 Å². The second kappa shape index (κ2) is 39.0. The van der Waals surface area contributed by atoms with Crippen LogP contribution in [0.15, 0.2) is 17.3 Å². The van der Waals surface area contributed by atoms with Gasteiger partial charge in [-0.05, 0) is 108 Å². The molecular formula is C65H116N12O14. The number of carbonyl (C=O) groups excluding carboxylic acids is 11. The Hall–Kier alpha value is -6.70. The minimum Gasteiger partial charge on any atom is -0.399 e. The summed E-state index contributed by atoms with van der Waals surface area (Å²) in [5.41, 5.74) is 0. The monoisotopic (exact) mass is 1290 g/mol. The second-order valence-corrected chi connectivity index (χ2v) is 26.6. The highest BCUT2D eigenvalue weighted by Gasteiger charge is 2.46. The van der Waals surface area contributed by atoms with Crippen LogP contribution in [0.4, 0.5) is 0 Å². The maximum atomic E-state index is 15.2. The van der Waals surface area contributed by atoms with Crippen LogP contribution in [0.3, 0.4) is 0 Å². The highest BCUT2D eigenvalue weighted by Crippen LogP contribution is 2.26. The van der Waals surface area contributed by atoms with Gasteiger partial charge in [-0.3, -0.25) is 52.7 Å². The van der Waals surface area contributed by atoms with E-state index in [4.69, 9.17) is 9.57 Å². The molecule has 520 valence electrons. The van der Waals surface area contributed by atoms with Gasteiger partial charge < -0.3 is 70.2 Å². The molecule has 0 aromatic carbocycles. The summed E-state index contributed by atoms with van der Waals surface area (Å²) in [6.07, 6.45) is 4.15. The van der Waals surface area contributed by atoms with E-state index in [1.165, 1.54) is 89.9 Å². The molecule has 13 atom stereocenters. The van der Waals surface area contributed by atoms with Crippen LogP contribution in [0.5, 0.6) is 0 Å². The van der Waals surface area contributed by atoms with Gasteiger partial charge in [0, 0.05) is 62.2 Å². The summed E-state index contributed by atoms with van der Waals surface area (Å²) >= 11 is 0. The number of unbranched alkanes of at least 4 members (excludes halogenated alkanes) is 1. The van der Waals surface area contributed by atoms with Crippen molar-refractivity contribution in [2.24, 2.45) is 40.7 Å². The lowest BCUT2D eigenvalue weighted by atomic mass is 9.91. The van der Waals surface area contributed by atoms with E-state index in [1.807, 2.05) is 41.5 Å². The molecular weight excluding hydrogens is 1170 g/mol. The number of nitrogens with zero attached hydrogens (tertiary/aromatic N) is 8. The standard InChI is InChI=1S/C65H116N12O14/c1-25-27-30-42(13)55(79)54-59(83)69-46(26-2)61(85)71(17)36-50(78)75(21)53(45(16)91-32-29-28-31-66-90-24)58(82)70-51(40(9)10)64(88)72(18)47(33-37(3)4)57(81)67-43(14)56(80)68-44(15)60(84)73(19)48(34-38(5)6)62(86)74(20)49(35-39(7)8)63(87)76(22)52(41(11)12)65(89)77(54)23/h25,27,31,37-49,51-55,79H,26,28-30,32-36H2,1-24H3,(H,67,81)(H,68,80)(H,69,83)(H,70,82)/t42-,43+,44-,45-,46+,47+,48+,49-,51+,52+,53+,54+,55-/m1/s1. The van der Waals surface area contributed by atoms with Gasteiger partial charge in [-0.25, -0.2) is 0 Å². The molecule has 1 rings (SSSR count). The number of rotatable bonds is 20. The molecule has 0 bridgehead atoms. The molecule has 91 heavy (non-hydrogen) atoms. The zero-order chi connectivity index (χ0) is 70.2. The first-order chi connectivity index (χ1) is 42.3. The molecule has 1 aliphatic rings. The lowest BCUT2D eigenvalue weighted by Gasteiger charge is -2.41. The van der Waals surface area contributed by atoms with E-state index in [9.17, 15) is 48.3 Å². The average molecular weight is 1290 g/mol. The van der Waals surface area contributed by atoms with Gasteiger partial charge in [-0.1, -0.05) is 100 Å². The van der Waals surface area contributed by atoms with Crippen LogP contribution in [0.2, 0.25) is 0 Å². The minimum absolute atomic E-state index is 0.0122. The molecule has 1 aliphatic heterocycles. The van der Waals surface area contributed by atoms with Gasteiger partial charge in [0.25, 0.3) is 0 Å². The average Bonchev–Trinajstić information content (AvgIpc) is 0.949. The molecule has 0 unspecified atom stereocenters. The molecule has 26 nitrogen and oxygen atoms in total. The summed E-state index contributed by atoms with van der Waals surface area (Å²) in [6, 6.07) is -12.9. The molecule has 1 saturated heterocycles. The third-order valence-corrected chi connectivity index (χ3v) is 16.8. The number of hydrogen-bond donors (Lipinski definition) is 5. The molecule has 0 aliphatic carbocycles. The fourth-order valence-corrected chi connectivity index (χ4v) is 11.1. The Labute approximate surface area is 543 Å². The molecule has 0 radical (unpaired) electrons. The Balaban J connectivity index is 4.39. The van der Waals surface area contributed by atoms with Crippen molar-refractivity contribution in [3.05, 3.63) is 12.2 Å². The van der Waals surface area contributed by atoms with Crippen LogP contribution in [-0.2, 0) is 62.3 Å². The molecule has 11 amide bonds. The molecule has 1 heterocycles. The number of aliphatic hydroxyl groups is 1. The van der Waals surface area contributed by atoms with Crippen molar-refractivity contribution in [2.75, 3.05) is 69.6 Å². The third-order valence-electron chi connectivity index (χ3n) is 16.8. The Morgan fingerprint density at radius 3 is 1.53 bits per heavy atom. The normalized spacial score (nSPS) is 26.3. The van der Waals surface area contributed by atoms with Crippen LogP contribution >= 0.6 is 0 Å². The molecule has 0 spiro atoms. The minimum atomic E-state index is -1.64. The predicted octanol–water partition coefficient (Wildman–Crippen LogP) is 3.04. The van der Waals surface area contributed by atoms with Crippen LogP contribution in [0.1, 0.15) is 156 Å². The maximum absolute atomic E-state index is 15.2. The van der Waals surface area contributed by atoms with Gasteiger partial charge in [0.2, 0.25) is 65.0 Å². The first-order valence-corrected chi connectivity index (χ1v) is 32.3. The summed E-state index contributed by atoms with van der Waals surface area (Å²) in [5, 5.41) is 26.8. The summed E-state index contributed by atoms with van der Waals surface area (Å²) in [4.78, 5) is 175. The maximum Gasteiger partial charge on any atom is 0.246 e. The van der Waals surface area contributed by atoms with Crippen molar-refractivity contribution in [1.29, 1.82) is 0 Å². The van der Waals surface area contributed by atoms with Crippen LogP contribution < -0.4 is 21.3 Å². The largest absolute Gasteiger partial charge is 0.399 e. The van der Waals surface area contributed by atoms with E-state index >= 15 is 9.59 Å². The molecule has 5 N–H and O–H groups in total. The van der Waals surface area contributed by atoms with E-state index in [0.29, 0.717) is 19.3 Å². The van der Waals surface area contributed by atoms with Gasteiger partial charge in [0.15, 0.2) is 0 Å². The van der Waals surface area contributed by atoms with Gasteiger partial charge in [-0.15, -0.1) is 0 Å². The van der Waals surface area contributed by atoms with Crippen molar-refractivity contribution in [1.82, 2.24) is 55.6 Å². The summed E-state index contributed by atoms with van der Waals surface area (Å²) in [5.74, 6) is -10.2. The highest BCUT2D eigenvalue weighted by molar-refractivity contribution is 5.99. The summed E-state index contributed by atoms with van der Waals surface area (Å²) in [7, 11) is 11.2. The topological polar surface area (TPSA) is 310 Å². The van der Waals surface area contributed by atoms with Crippen LogP contribution in [0.25, 0.3) is 0 Å². The first kappa shape index (κ1) is 82.3. The van der Waals surface area contributed by atoms with E-state index in [0.717, 1.165) is 14.7 Å². The van der Waals surface area contributed by atoms with E-state index in [-0.39, 0.29) is 50.0 Å². The van der Waals surface area contributed by atoms with Gasteiger partial charge in [0.05, 0.1) is 18.8 Å². The van der Waals surface area contributed by atoms with E-state index in [1.54, 1.807) is 73.8 Å². The van der Waals surface area contributed by atoms with Gasteiger partial charge in [0.1, 0.15) is 67.5 Å². The zero-order valence-electron chi connectivity index (χ0n) is 59.3. The SMILES string of the molecule is CC=CC[C@@H](C)[C@@H](O)[C@H]1C(=O)N[C@@H](CC)C(=O)N(C)CC(=O)N(C)[C@@H]([C@@H](C)OCCCC=NOC)C(=O)N[C@@H](C(C)C)C(=O)N(C)[C@@H](CC(C)C)C(=O)N[C@@H](C)C(=O)N[C@H](C)C(=O)N(C)[C@@H](CC(C)C)C(=O)N(C)[C@H](CC(C)C)C(=O)N(C)[C@@H](C(C)C)C(=O)N1C. The van der Waals surface area contributed by atoms with Crippen molar-refractivity contribution >= 4 is 71.2 Å². The van der Waals surface area contributed by atoms with E-state index < -0.39 is 162 Å². The molecule has 1 fully saturated rings. The Morgan fingerprint density at radius 1 is 0.549 bits per heavy atom. The smallest absolute Gasteiger partial charge is 0.246 e. The molecule has 0 aromatic rings. The number of oxime groups is 1. The number of nitrogens with one attached hydrogen (secondary N) is 4. The number of amides is 11. The zero-order valence-corrected chi connectivity index (χ0v) is 59.3. The van der Waals surface area contributed by atoms with Crippen molar-refractivity contribution in [2.45, 2.75) is 228 Å². The predicted molar refractivity (Wildman–Crippen MR) is 349 cm³/mol. The molecule has 0 saturated carbocycles. The van der Waals surface area contributed by atoms with Gasteiger partial charge >= 0.3 is 0 Å². The number of aliphatic hydroxyl groups excluding tert-OH is 1. The Morgan fingerprint density at radius 2 is 1.03 bits per heavy atom. The van der Waals surface area contributed by atoms with E-state index in [2.05, 4.69) is 26.4 Å². The number of allylic oxidation sites excluding steroid dienone is 2. The lowest BCUT2D eigenvalue weighted by Crippen LogP contribution is -2.63. The number of carbonyl (C=O) groups is 11. The fraction of sp³-hybridized carbons (Fsp3) is 0.785. The Bertz CT molecular complexity index is 2490. The highest BCUT2D eigenvalue weighted by atomic mass is 16.6. The lowest BCUT2D eigenvalue weighted by molar-refractivity contribution is -0.157. The Kier molecular flexibility index (Phi) is 35.3. The van der Waals surface area contributed by atoms with Crippen molar-refractivity contribution in [3.8, 4) is 0 Å². The van der Waals surface area contributed by atoms with Gasteiger partial charge in [-0.2, -0.15) is 0 Å². The number of hydrogen-bond acceptors (Lipinski definition) is 15. The first-order valence-electron chi connectivity index (χ1n) is 32.3. The number of ether oxygens (including phenoxy) is 1. The van der Waals surface area contributed by atoms with Crippen LogP contribution in [-0.4, -0.2) is 253 Å². The quantitative estimate of drug-likeness (QED) is 0.0507. The second-order valence-electron chi connectivity index (χ2n) is 26.6. The molecule has 0 aromatic heterocycles. The third kappa shape index (κ3) is 24.1. The van der Waals surface area contributed by atoms with Crippen molar-refractivity contribution in [3.63, 3.8) is 0 Å². The van der Waals surface area contributed by atoms with Crippen molar-refractivity contribution < 1.29 is 67.4 Å².